The highest BCUT2D eigenvalue weighted by Gasteiger charge is 2.41. The molecule has 1 rings (SSSR count). The van der Waals surface area contributed by atoms with E-state index in [1.807, 2.05) is 6.92 Å². The van der Waals surface area contributed by atoms with E-state index < -0.39 is 12.1 Å². The third-order valence-electron chi connectivity index (χ3n) is 3.27. The lowest BCUT2D eigenvalue weighted by Crippen LogP contribution is -2.37. The van der Waals surface area contributed by atoms with E-state index in [9.17, 15) is 13.2 Å². The van der Waals surface area contributed by atoms with Crippen LogP contribution in [0.3, 0.4) is 0 Å². The standard InChI is InChI=1S/C11H20F3NO/c1-8(7-16)15-6-9-3-2-4-10(5-9)11(12,13)14/h8-10,15-16H,2-7H2,1H3. The molecule has 0 spiro atoms. The first kappa shape index (κ1) is 13.8. The summed E-state index contributed by atoms with van der Waals surface area (Å²) in [5.41, 5.74) is 0. The fourth-order valence-corrected chi connectivity index (χ4v) is 2.21. The molecule has 0 bridgehead atoms. The monoisotopic (exact) mass is 239 g/mol. The van der Waals surface area contributed by atoms with E-state index in [0.717, 1.165) is 6.42 Å². The van der Waals surface area contributed by atoms with E-state index in [1.54, 1.807) is 0 Å². The van der Waals surface area contributed by atoms with Crippen LogP contribution in [-0.4, -0.2) is 30.5 Å². The van der Waals surface area contributed by atoms with Gasteiger partial charge in [0, 0.05) is 6.04 Å². The van der Waals surface area contributed by atoms with Crippen LogP contribution in [0.2, 0.25) is 0 Å². The van der Waals surface area contributed by atoms with Gasteiger partial charge < -0.3 is 10.4 Å². The summed E-state index contributed by atoms with van der Waals surface area (Å²) in [5, 5.41) is 11.9. The Balaban J connectivity index is 2.33. The van der Waals surface area contributed by atoms with Crippen LogP contribution in [0.15, 0.2) is 0 Å². The molecule has 0 aromatic carbocycles. The molecule has 0 aliphatic heterocycles. The summed E-state index contributed by atoms with van der Waals surface area (Å²) < 4.78 is 37.6. The molecule has 5 heteroatoms. The Morgan fingerprint density at radius 1 is 1.38 bits per heavy atom. The molecule has 96 valence electrons. The minimum Gasteiger partial charge on any atom is -0.395 e. The van der Waals surface area contributed by atoms with Gasteiger partial charge in [0.1, 0.15) is 0 Å². The van der Waals surface area contributed by atoms with Crippen molar-refractivity contribution in [1.29, 1.82) is 0 Å². The molecular formula is C11H20F3NO. The number of rotatable bonds is 4. The highest BCUT2D eigenvalue weighted by molar-refractivity contribution is 4.79. The lowest BCUT2D eigenvalue weighted by atomic mass is 9.81. The number of hydrogen-bond acceptors (Lipinski definition) is 2. The van der Waals surface area contributed by atoms with Gasteiger partial charge in [-0.05, 0) is 38.6 Å². The largest absolute Gasteiger partial charge is 0.395 e. The molecule has 16 heavy (non-hydrogen) atoms. The average molecular weight is 239 g/mol. The van der Waals surface area contributed by atoms with Gasteiger partial charge in [-0.25, -0.2) is 0 Å². The molecule has 1 fully saturated rings. The van der Waals surface area contributed by atoms with Crippen LogP contribution in [0.25, 0.3) is 0 Å². The Kier molecular flexibility index (Phi) is 5.05. The third-order valence-corrected chi connectivity index (χ3v) is 3.27. The molecule has 0 radical (unpaired) electrons. The first-order valence-electron chi connectivity index (χ1n) is 5.84. The van der Waals surface area contributed by atoms with Gasteiger partial charge in [-0.2, -0.15) is 13.2 Å². The zero-order valence-corrected chi connectivity index (χ0v) is 9.56. The van der Waals surface area contributed by atoms with Crippen LogP contribution in [-0.2, 0) is 0 Å². The summed E-state index contributed by atoms with van der Waals surface area (Å²) in [6, 6.07) is -0.0359. The lowest BCUT2D eigenvalue weighted by molar-refractivity contribution is -0.185. The van der Waals surface area contributed by atoms with Crippen LogP contribution >= 0.6 is 0 Å². The van der Waals surface area contributed by atoms with Gasteiger partial charge in [0.15, 0.2) is 0 Å². The molecule has 0 aromatic heterocycles. The molecule has 2 nitrogen and oxygen atoms in total. The Morgan fingerprint density at radius 3 is 2.62 bits per heavy atom. The topological polar surface area (TPSA) is 32.3 Å². The van der Waals surface area contributed by atoms with Crippen molar-refractivity contribution in [1.82, 2.24) is 5.32 Å². The van der Waals surface area contributed by atoms with Crippen LogP contribution in [0, 0.1) is 11.8 Å². The van der Waals surface area contributed by atoms with Gasteiger partial charge in [0.2, 0.25) is 0 Å². The van der Waals surface area contributed by atoms with Crippen molar-refractivity contribution in [2.45, 2.75) is 44.8 Å². The van der Waals surface area contributed by atoms with Crippen LogP contribution in [0.5, 0.6) is 0 Å². The van der Waals surface area contributed by atoms with Gasteiger partial charge in [-0.3, -0.25) is 0 Å². The van der Waals surface area contributed by atoms with Crippen LogP contribution in [0.1, 0.15) is 32.6 Å². The first-order valence-corrected chi connectivity index (χ1v) is 5.84. The number of aliphatic hydroxyl groups is 1. The van der Waals surface area contributed by atoms with Crippen LogP contribution in [0.4, 0.5) is 13.2 Å². The summed E-state index contributed by atoms with van der Waals surface area (Å²) >= 11 is 0. The summed E-state index contributed by atoms with van der Waals surface area (Å²) in [5.74, 6) is -1.04. The highest BCUT2D eigenvalue weighted by atomic mass is 19.4. The average Bonchev–Trinajstić information content (AvgIpc) is 2.25. The number of hydrogen-bond donors (Lipinski definition) is 2. The number of aliphatic hydroxyl groups excluding tert-OH is 1. The summed E-state index contributed by atoms with van der Waals surface area (Å²) in [7, 11) is 0. The molecular weight excluding hydrogens is 219 g/mol. The molecule has 1 aliphatic carbocycles. The summed E-state index contributed by atoms with van der Waals surface area (Å²) in [4.78, 5) is 0. The highest BCUT2D eigenvalue weighted by Crippen LogP contribution is 2.39. The van der Waals surface area contributed by atoms with Crippen molar-refractivity contribution in [3.05, 3.63) is 0 Å². The van der Waals surface area contributed by atoms with Crippen molar-refractivity contribution in [3.63, 3.8) is 0 Å². The Morgan fingerprint density at radius 2 is 2.06 bits per heavy atom. The molecule has 3 atom stereocenters. The van der Waals surface area contributed by atoms with Crippen molar-refractivity contribution < 1.29 is 18.3 Å². The van der Waals surface area contributed by atoms with E-state index in [2.05, 4.69) is 5.32 Å². The van der Waals surface area contributed by atoms with Crippen molar-refractivity contribution in [3.8, 4) is 0 Å². The zero-order valence-electron chi connectivity index (χ0n) is 9.56. The smallest absolute Gasteiger partial charge is 0.391 e. The summed E-state index contributed by atoms with van der Waals surface area (Å²) in [6.45, 7) is 2.42. The van der Waals surface area contributed by atoms with E-state index in [-0.39, 0.29) is 31.4 Å². The Bertz CT molecular complexity index is 208. The second kappa shape index (κ2) is 5.87. The van der Waals surface area contributed by atoms with Gasteiger partial charge in [-0.1, -0.05) is 6.42 Å². The van der Waals surface area contributed by atoms with Gasteiger partial charge in [0.25, 0.3) is 0 Å². The lowest BCUT2D eigenvalue weighted by Gasteiger charge is -2.31. The second-order valence-electron chi connectivity index (χ2n) is 4.76. The molecule has 0 heterocycles. The zero-order chi connectivity index (χ0) is 12.2. The molecule has 1 saturated carbocycles. The fraction of sp³-hybridized carbons (Fsp3) is 1.00. The van der Waals surface area contributed by atoms with Crippen molar-refractivity contribution >= 4 is 0 Å². The third kappa shape index (κ3) is 4.29. The van der Waals surface area contributed by atoms with E-state index >= 15 is 0 Å². The number of alkyl halides is 3. The maximum atomic E-state index is 12.5. The fourth-order valence-electron chi connectivity index (χ4n) is 2.21. The predicted molar refractivity (Wildman–Crippen MR) is 56.1 cm³/mol. The quantitative estimate of drug-likeness (QED) is 0.789. The Labute approximate surface area is 94.2 Å². The van der Waals surface area contributed by atoms with Gasteiger partial charge in [-0.15, -0.1) is 0 Å². The van der Waals surface area contributed by atoms with E-state index in [1.165, 1.54) is 0 Å². The maximum absolute atomic E-state index is 12.5. The van der Waals surface area contributed by atoms with E-state index in [0.29, 0.717) is 13.0 Å². The molecule has 0 aromatic rings. The predicted octanol–water partition coefficient (Wildman–Crippen LogP) is 2.33. The molecule has 0 amide bonds. The van der Waals surface area contributed by atoms with E-state index in [4.69, 9.17) is 5.11 Å². The SMILES string of the molecule is CC(CO)NCC1CCCC(C(F)(F)F)C1. The van der Waals surface area contributed by atoms with Crippen molar-refractivity contribution in [2.24, 2.45) is 11.8 Å². The second-order valence-corrected chi connectivity index (χ2v) is 4.76. The molecule has 3 unspecified atom stereocenters. The number of nitrogens with one attached hydrogen (secondary N) is 1. The van der Waals surface area contributed by atoms with Crippen molar-refractivity contribution in [2.75, 3.05) is 13.2 Å². The minimum atomic E-state index is -4.04. The molecule has 1 aliphatic rings. The number of halogens is 3. The molecule has 0 saturated heterocycles. The summed E-state index contributed by atoms with van der Waals surface area (Å²) in [6.07, 6.45) is -2.02. The first-order chi connectivity index (χ1) is 7.43. The molecule has 2 N–H and O–H groups in total. The van der Waals surface area contributed by atoms with Gasteiger partial charge >= 0.3 is 6.18 Å². The maximum Gasteiger partial charge on any atom is 0.391 e. The normalized spacial score (nSPS) is 29.1. The van der Waals surface area contributed by atoms with Gasteiger partial charge in [0.05, 0.1) is 12.5 Å². The minimum absolute atomic E-state index is 0.0232. The van der Waals surface area contributed by atoms with Crippen LogP contribution < -0.4 is 5.32 Å². The Hall–Kier alpha value is -0.290.